The van der Waals surface area contributed by atoms with E-state index < -0.39 is 5.60 Å². The molecule has 1 aliphatic rings. The first-order valence-corrected chi connectivity index (χ1v) is 10.0. The fourth-order valence-corrected chi connectivity index (χ4v) is 3.11. The maximum Gasteiger partial charge on any atom is 0.410 e. The van der Waals surface area contributed by atoms with Gasteiger partial charge in [-0.2, -0.15) is 0 Å². The van der Waals surface area contributed by atoms with Gasteiger partial charge in [0.15, 0.2) is 5.96 Å². The molecule has 1 aromatic carbocycles. The third-order valence-corrected chi connectivity index (χ3v) is 4.38. The van der Waals surface area contributed by atoms with E-state index in [1.807, 2.05) is 33.8 Å². The molecule has 2 rings (SSSR count). The van der Waals surface area contributed by atoms with Crippen molar-refractivity contribution < 1.29 is 13.9 Å². The zero-order valence-electron chi connectivity index (χ0n) is 17.4. The van der Waals surface area contributed by atoms with Gasteiger partial charge in [-0.05, 0) is 64.2 Å². The van der Waals surface area contributed by atoms with E-state index in [9.17, 15) is 9.18 Å². The Kier molecular flexibility index (Phi) is 8.08. The van der Waals surface area contributed by atoms with Gasteiger partial charge in [-0.25, -0.2) is 14.2 Å². The number of likely N-dealkylation sites (tertiary alicyclic amines) is 1. The monoisotopic (exact) mass is 392 g/mol. The van der Waals surface area contributed by atoms with Gasteiger partial charge in [-0.3, -0.25) is 0 Å². The number of amides is 1. The third kappa shape index (κ3) is 7.74. The number of piperidine rings is 1. The zero-order chi connectivity index (χ0) is 20.6. The minimum atomic E-state index is -0.482. The maximum atomic E-state index is 13.3. The van der Waals surface area contributed by atoms with Gasteiger partial charge in [0.1, 0.15) is 11.4 Å². The number of benzene rings is 1. The lowest BCUT2D eigenvalue weighted by Crippen LogP contribution is -2.47. The highest BCUT2D eigenvalue weighted by atomic mass is 19.1. The largest absolute Gasteiger partial charge is 0.444 e. The summed E-state index contributed by atoms with van der Waals surface area (Å²) in [5.74, 6) is 0.774. The van der Waals surface area contributed by atoms with Crippen molar-refractivity contribution in [3.63, 3.8) is 0 Å². The third-order valence-electron chi connectivity index (χ3n) is 4.38. The summed E-state index contributed by atoms with van der Waals surface area (Å²) in [7, 11) is 0. The van der Waals surface area contributed by atoms with Crippen LogP contribution < -0.4 is 10.6 Å². The summed E-state index contributed by atoms with van der Waals surface area (Å²) in [6, 6.07) is 6.47. The van der Waals surface area contributed by atoms with E-state index in [0.29, 0.717) is 31.5 Å². The van der Waals surface area contributed by atoms with Crippen molar-refractivity contribution in [1.29, 1.82) is 0 Å². The second-order valence-corrected chi connectivity index (χ2v) is 8.14. The van der Waals surface area contributed by atoms with Crippen LogP contribution >= 0.6 is 0 Å². The second kappa shape index (κ2) is 10.3. The van der Waals surface area contributed by atoms with E-state index in [0.717, 1.165) is 31.5 Å². The van der Waals surface area contributed by atoms with Crippen molar-refractivity contribution in [3.8, 4) is 0 Å². The molecular formula is C21H33FN4O2. The first-order valence-electron chi connectivity index (χ1n) is 10.0. The Bertz CT molecular complexity index is 673. The molecule has 6 nitrogen and oxygen atoms in total. The van der Waals surface area contributed by atoms with Gasteiger partial charge in [0.05, 0.1) is 6.54 Å². The van der Waals surface area contributed by atoms with Crippen LogP contribution in [0, 0.1) is 11.7 Å². The number of rotatable bonds is 5. The van der Waals surface area contributed by atoms with Crippen molar-refractivity contribution in [1.82, 2.24) is 15.5 Å². The summed E-state index contributed by atoms with van der Waals surface area (Å²) in [4.78, 5) is 18.6. The number of guanidine groups is 1. The molecule has 1 fully saturated rings. The number of carbonyl (C=O) groups is 1. The molecule has 2 N–H and O–H groups in total. The number of halogens is 1. The molecule has 1 aromatic rings. The molecule has 1 unspecified atom stereocenters. The Hall–Kier alpha value is -2.31. The Morgan fingerprint density at radius 1 is 1.36 bits per heavy atom. The van der Waals surface area contributed by atoms with Crippen LogP contribution in [-0.2, 0) is 11.3 Å². The molecule has 0 spiro atoms. The van der Waals surface area contributed by atoms with E-state index in [-0.39, 0.29) is 11.9 Å². The van der Waals surface area contributed by atoms with Crippen molar-refractivity contribution in [2.75, 3.05) is 26.2 Å². The van der Waals surface area contributed by atoms with Crippen LogP contribution in [0.2, 0.25) is 0 Å². The Balaban J connectivity index is 1.88. The van der Waals surface area contributed by atoms with E-state index in [2.05, 4.69) is 15.6 Å². The Labute approximate surface area is 167 Å². The summed E-state index contributed by atoms with van der Waals surface area (Å²) < 4.78 is 18.8. The summed E-state index contributed by atoms with van der Waals surface area (Å²) in [6.45, 7) is 10.9. The van der Waals surface area contributed by atoms with Crippen LogP contribution in [0.4, 0.5) is 9.18 Å². The van der Waals surface area contributed by atoms with Crippen molar-refractivity contribution in [2.45, 2.75) is 52.7 Å². The molecule has 0 bridgehead atoms. The smallest absolute Gasteiger partial charge is 0.410 e. The maximum absolute atomic E-state index is 13.3. The molecule has 156 valence electrons. The molecule has 1 amide bonds. The normalized spacial score (nSPS) is 18.0. The lowest BCUT2D eigenvalue weighted by molar-refractivity contribution is 0.0168. The minimum absolute atomic E-state index is 0.246. The molecule has 1 aliphatic heterocycles. The van der Waals surface area contributed by atoms with Gasteiger partial charge < -0.3 is 20.3 Å². The van der Waals surface area contributed by atoms with Gasteiger partial charge in [0, 0.05) is 26.2 Å². The fraction of sp³-hybridized carbons (Fsp3) is 0.619. The standard InChI is InChI=1S/C21H33FN4O2/c1-5-23-19(24-13-16-8-6-10-18(22)12-16)25-14-17-9-7-11-26(15-17)20(27)28-21(2,3)4/h6,8,10,12,17H,5,7,9,11,13-15H2,1-4H3,(H2,23,24,25). The SMILES string of the molecule is CCNC(=NCc1cccc(F)c1)NCC1CCCN(C(=O)OC(C)(C)C)C1. The number of carbonyl (C=O) groups excluding carboxylic acids is 1. The summed E-state index contributed by atoms with van der Waals surface area (Å²) in [6.07, 6.45) is 1.77. The number of aliphatic imine (C=N–C) groups is 1. The van der Waals surface area contributed by atoms with Gasteiger partial charge in [0.2, 0.25) is 0 Å². The van der Waals surface area contributed by atoms with Crippen LogP contribution in [0.5, 0.6) is 0 Å². The van der Waals surface area contributed by atoms with Crippen LogP contribution in [0.3, 0.4) is 0 Å². The molecule has 7 heteroatoms. The number of hydrogen-bond acceptors (Lipinski definition) is 3. The first kappa shape index (κ1) is 22.0. The van der Waals surface area contributed by atoms with Crippen molar-refractivity contribution >= 4 is 12.1 Å². The lowest BCUT2D eigenvalue weighted by atomic mass is 9.98. The summed E-state index contributed by atoms with van der Waals surface area (Å²) >= 11 is 0. The summed E-state index contributed by atoms with van der Waals surface area (Å²) in [5.41, 5.74) is 0.343. The number of nitrogens with zero attached hydrogens (tertiary/aromatic N) is 2. The highest BCUT2D eigenvalue weighted by Crippen LogP contribution is 2.19. The predicted molar refractivity (Wildman–Crippen MR) is 110 cm³/mol. The highest BCUT2D eigenvalue weighted by molar-refractivity contribution is 5.79. The van der Waals surface area contributed by atoms with Gasteiger partial charge in [-0.15, -0.1) is 0 Å². The topological polar surface area (TPSA) is 66.0 Å². The predicted octanol–water partition coefficient (Wildman–Crippen LogP) is 3.53. The zero-order valence-corrected chi connectivity index (χ0v) is 17.4. The molecule has 0 radical (unpaired) electrons. The lowest BCUT2D eigenvalue weighted by Gasteiger charge is -2.34. The van der Waals surface area contributed by atoms with Gasteiger partial charge in [0.25, 0.3) is 0 Å². The molecule has 0 aromatic heterocycles. The van der Waals surface area contributed by atoms with Crippen LogP contribution in [0.25, 0.3) is 0 Å². The van der Waals surface area contributed by atoms with Crippen molar-refractivity contribution in [3.05, 3.63) is 35.6 Å². The summed E-state index contributed by atoms with van der Waals surface area (Å²) in [5, 5.41) is 6.56. The highest BCUT2D eigenvalue weighted by Gasteiger charge is 2.27. The minimum Gasteiger partial charge on any atom is -0.444 e. The second-order valence-electron chi connectivity index (χ2n) is 8.14. The first-order chi connectivity index (χ1) is 13.3. The van der Waals surface area contributed by atoms with E-state index >= 15 is 0 Å². The average molecular weight is 393 g/mol. The fourth-order valence-electron chi connectivity index (χ4n) is 3.11. The average Bonchev–Trinajstić information content (AvgIpc) is 2.63. The molecule has 1 heterocycles. The molecular weight excluding hydrogens is 359 g/mol. The van der Waals surface area contributed by atoms with Crippen LogP contribution in [0.1, 0.15) is 46.1 Å². The molecule has 0 saturated carbocycles. The Morgan fingerprint density at radius 2 is 2.14 bits per heavy atom. The molecule has 1 atom stereocenters. The van der Waals surface area contributed by atoms with Crippen LogP contribution in [-0.4, -0.2) is 48.7 Å². The van der Waals surface area contributed by atoms with Crippen LogP contribution in [0.15, 0.2) is 29.3 Å². The van der Waals surface area contributed by atoms with Crippen molar-refractivity contribution in [2.24, 2.45) is 10.9 Å². The van der Waals surface area contributed by atoms with Gasteiger partial charge >= 0.3 is 6.09 Å². The number of ether oxygens (including phenoxy) is 1. The van der Waals surface area contributed by atoms with Gasteiger partial charge in [-0.1, -0.05) is 12.1 Å². The van der Waals surface area contributed by atoms with E-state index in [1.165, 1.54) is 12.1 Å². The molecule has 0 aliphatic carbocycles. The molecule has 28 heavy (non-hydrogen) atoms. The Morgan fingerprint density at radius 3 is 2.82 bits per heavy atom. The molecule has 1 saturated heterocycles. The van der Waals surface area contributed by atoms with E-state index in [1.54, 1.807) is 11.0 Å². The number of nitrogens with one attached hydrogen (secondary N) is 2. The quantitative estimate of drug-likeness (QED) is 0.594. The van der Waals surface area contributed by atoms with E-state index in [4.69, 9.17) is 4.74 Å². The number of hydrogen-bond donors (Lipinski definition) is 2.